The summed E-state index contributed by atoms with van der Waals surface area (Å²) in [6.45, 7) is 10.7. The van der Waals surface area contributed by atoms with Crippen LogP contribution >= 0.6 is 11.3 Å². The van der Waals surface area contributed by atoms with Crippen LogP contribution in [0.25, 0.3) is 0 Å². The molecule has 102 valence electrons. The van der Waals surface area contributed by atoms with Crippen LogP contribution in [0.3, 0.4) is 0 Å². The molecular formula is C14H24N2OS. The van der Waals surface area contributed by atoms with Crippen molar-refractivity contribution in [1.29, 1.82) is 0 Å². The summed E-state index contributed by atoms with van der Waals surface area (Å²) < 4.78 is 0. The highest BCUT2D eigenvalue weighted by Crippen LogP contribution is 2.23. The van der Waals surface area contributed by atoms with Crippen LogP contribution < -0.4 is 5.32 Å². The highest BCUT2D eigenvalue weighted by Gasteiger charge is 2.12. The van der Waals surface area contributed by atoms with E-state index in [-0.39, 0.29) is 5.91 Å². The minimum atomic E-state index is 0.239. The zero-order valence-electron chi connectivity index (χ0n) is 11.8. The van der Waals surface area contributed by atoms with Gasteiger partial charge in [-0.05, 0) is 44.7 Å². The standard InChI is InChI=1S/C14H24N2OS/c1-5-16(6-2)13(17)7-9-15-12(4)14-11(3)8-10-18-14/h8,10,12,15H,5-7,9H2,1-4H3. The summed E-state index contributed by atoms with van der Waals surface area (Å²) in [4.78, 5) is 15.1. The van der Waals surface area contributed by atoms with Gasteiger partial charge in [-0.15, -0.1) is 11.3 Å². The Kier molecular flexibility index (Phi) is 6.36. The number of rotatable bonds is 7. The minimum absolute atomic E-state index is 0.239. The van der Waals surface area contributed by atoms with Crippen molar-refractivity contribution in [3.05, 3.63) is 21.9 Å². The van der Waals surface area contributed by atoms with Crippen LogP contribution in [0.4, 0.5) is 0 Å². The fourth-order valence-electron chi connectivity index (χ4n) is 2.05. The summed E-state index contributed by atoms with van der Waals surface area (Å²) in [5.41, 5.74) is 1.33. The molecule has 1 rings (SSSR count). The first kappa shape index (κ1) is 15.2. The fourth-order valence-corrected chi connectivity index (χ4v) is 3.01. The van der Waals surface area contributed by atoms with Gasteiger partial charge in [-0.2, -0.15) is 0 Å². The number of hydrogen-bond acceptors (Lipinski definition) is 3. The second-order valence-corrected chi connectivity index (χ2v) is 5.41. The van der Waals surface area contributed by atoms with E-state index in [1.807, 2.05) is 18.7 Å². The van der Waals surface area contributed by atoms with Crippen molar-refractivity contribution in [3.63, 3.8) is 0 Å². The highest BCUT2D eigenvalue weighted by molar-refractivity contribution is 7.10. The van der Waals surface area contributed by atoms with Crippen LogP contribution in [0.1, 0.15) is 43.7 Å². The normalized spacial score (nSPS) is 12.4. The molecule has 0 aliphatic carbocycles. The number of hydrogen-bond donors (Lipinski definition) is 1. The van der Waals surface area contributed by atoms with Crippen molar-refractivity contribution in [2.75, 3.05) is 19.6 Å². The van der Waals surface area contributed by atoms with Gasteiger partial charge < -0.3 is 10.2 Å². The van der Waals surface area contributed by atoms with Crippen LogP contribution in [-0.2, 0) is 4.79 Å². The van der Waals surface area contributed by atoms with Crippen molar-refractivity contribution in [2.24, 2.45) is 0 Å². The molecule has 0 aromatic carbocycles. The van der Waals surface area contributed by atoms with Crippen molar-refractivity contribution >= 4 is 17.2 Å². The Balaban J connectivity index is 2.34. The molecule has 0 aliphatic heterocycles. The molecule has 1 aromatic heterocycles. The molecule has 1 aromatic rings. The molecule has 1 amide bonds. The van der Waals surface area contributed by atoms with Crippen molar-refractivity contribution in [3.8, 4) is 0 Å². The molecule has 3 nitrogen and oxygen atoms in total. The van der Waals surface area contributed by atoms with Crippen LogP contribution in [0.15, 0.2) is 11.4 Å². The number of thiophene rings is 1. The Morgan fingerprint density at radius 2 is 2.11 bits per heavy atom. The Bertz CT molecular complexity index is 372. The third kappa shape index (κ3) is 4.10. The zero-order valence-corrected chi connectivity index (χ0v) is 12.6. The average Bonchev–Trinajstić information content (AvgIpc) is 2.77. The number of carbonyl (C=O) groups excluding carboxylic acids is 1. The lowest BCUT2D eigenvalue weighted by Gasteiger charge is -2.19. The minimum Gasteiger partial charge on any atom is -0.343 e. The lowest BCUT2D eigenvalue weighted by molar-refractivity contribution is -0.130. The smallest absolute Gasteiger partial charge is 0.223 e. The van der Waals surface area contributed by atoms with Gasteiger partial charge in [0, 0.05) is 37.0 Å². The molecule has 0 saturated heterocycles. The van der Waals surface area contributed by atoms with Gasteiger partial charge in [0.2, 0.25) is 5.91 Å². The topological polar surface area (TPSA) is 32.3 Å². The van der Waals surface area contributed by atoms with Gasteiger partial charge in [-0.25, -0.2) is 0 Å². The van der Waals surface area contributed by atoms with Crippen LogP contribution in [0.2, 0.25) is 0 Å². The Hall–Kier alpha value is -0.870. The Morgan fingerprint density at radius 1 is 1.44 bits per heavy atom. The summed E-state index contributed by atoms with van der Waals surface area (Å²) in [5, 5.41) is 5.54. The van der Waals surface area contributed by atoms with E-state index in [4.69, 9.17) is 0 Å². The summed E-state index contributed by atoms with van der Waals surface area (Å²) in [5.74, 6) is 0.239. The summed E-state index contributed by atoms with van der Waals surface area (Å²) in [6, 6.07) is 2.47. The molecule has 0 fully saturated rings. The van der Waals surface area contributed by atoms with Gasteiger partial charge in [0.25, 0.3) is 0 Å². The van der Waals surface area contributed by atoms with E-state index in [0.717, 1.165) is 19.6 Å². The predicted octanol–water partition coefficient (Wildman–Crippen LogP) is 2.97. The lowest BCUT2D eigenvalue weighted by atomic mass is 10.2. The third-order valence-corrected chi connectivity index (χ3v) is 4.40. The largest absolute Gasteiger partial charge is 0.343 e. The lowest BCUT2D eigenvalue weighted by Crippen LogP contribution is -2.33. The second-order valence-electron chi connectivity index (χ2n) is 4.46. The van der Waals surface area contributed by atoms with Gasteiger partial charge in [0.1, 0.15) is 0 Å². The summed E-state index contributed by atoms with van der Waals surface area (Å²) in [6.07, 6.45) is 0.580. The monoisotopic (exact) mass is 268 g/mol. The molecule has 0 bridgehead atoms. The van der Waals surface area contributed by atoms with E-state index >= 15 is 0 Å². The van der Waals surface area contributed by atoms with Gasteiger partial charge in [-0.3, -0.25) is 4.79 Å². The maximum absolute atomic E-state index is 11.8. The number of aryl methyl sites for hydroxylation is 1. The van der Waals surface area contributed by atoms with Crippen LogP contribution in [0, 0.1) is 6.92 Å². The molecule has 1 N–H and O–H groups in total. The second kappa shape index (κ2) is 7.54. The van der Waals surface area contributed by atoms with E-state index < -0.39 is 0 Å². The molecule has 0 spiro atoms. The van der Waals surface area contributed by atoms with Crippen molar-refractivity contribution in [2.45, 2.75) is 40.2 Å². The van der Waals surface area contributed by atoms with E-state index in [9.17, 15) is 4.79 Å². The van der Waals surface area contributed by atoms with Crippen molar-refractivity contribution < 1.29 is 4.79 Å². The molecular weight excluding hydrogens is 244 g/mol. The SMILES string of the molecule is CCN(CC)C(=O)CCNC(C)c1sccc1C. The number of nitrogens with one attached hydrogen (secondary N) is 1. The molecule has 0 radical (unpaired) electrons. The summed E-state index contributed by atoms with van der Waals surface area (Å²) in [7, 11) is 0. The number of amides is 1. The molecule has 0 aliphatic rings. The van der Waals surface area contributed by atoms with Crippen molar-refractivity contribution in [1.82, 2.24) is 10.2 Å². The third-order valence-electron chi connectivity index (χ3n) is 3.20. The molecule has 4 heteroatoms. The van der Waals surface area contributed by atoms with Gasteiger partial charge in [-0.1, -0.05) is 0 Å². The average molecular weight is 268 g/mol. The van der Waals surface area contributed by atoms with E-state index in [0.29, 0.717) is 12.5 Å². The van der Waals surface area contributed by atoms with E-state index in [1.54, 1.807) is 11.3 Å². The summed E-state index contributed by atoms with van der Waals surface area (Å²) >= 11 is 1.77. The maximum atomic E-state index is 11.8. The van der Waals surface area contributed by atoms with E-state index in [1.165, 1.54) is 10.4 Å². The number of carbonyl (C=O) groups is 1. The van der Waals surface area contributed by atoms with Crippen LogP contribution in [0.5, 0.6) is 0 Å². The first-order valence-electron chi connectivity index (χ1n) is 6.65. The first-order chi connectivity index (χ1) is 8.60. The quantitative estimate of drug-likeness (QED) is 0.824. The Morgan fingerprint density at radius 3 is 2.61 bits per heavy atom. The molecule has 18 heavy (non-hydrogen) atoms. The van der Waals surface area contributed by atoms with E-state index in [2.05, 4.69) is 30.6 Å². The van der Waals surface area contributed by atoms with Gasteiger partial charge in [0.15, 0.2) is 0 Å². The Labute approximate surface area is 114 Å². The molecule has 0 saturated carbocycles. The maximum Gasteiger partial charge on any atom is 0.223 e. The van der Waals surface area contributed by atoms with Gasteiger partial charge >= 0.3 is 0 Å². The molecule has 1 atom stereocenters. The molecule has 1 unspecified atom stereocenters. The molecule has 1 heterocycles. The highest BCUT2D eigenvalue weighted by atomic mass is 32.1. The zero-order chi connectivity index (χ0) is 13.5. The fraction of sp³-hybridized carbons (Fsp3) is 0.643. The predicted molar refractivity (Wildman–Crippen MR) is 78.0 cm³/mol. The van der Waals surface area contributed by atoms with Gasteiger partial charge in [0.05, 0.1) is 0 Å². The van der Waals surface area contributed by atoms with Crippen LogP contribution in [-0.4, -0.2) is 30.4 Å². The number of nitrogens with zero attached hydrogens (tertiary/aromatic N) is 1. The first-order valence-corrected chi connectivity index (χ1v) is 7.53.